The minimum Gasteiger partial charge on any atom is -0.359 e. The van der Waals surface area contributed by atoms with Crippen molar-refractivity contribution in [2.24, 2.45) is 0 Å². The van der Waals surface area contributed by atoms with Gasteiger partial charge in [0.25, 0.3) is 11.8 Å². The average Bonchev–Trinajstić information content (AvgIpc) is 3.07. The Hall–Kier alpha value is -4.74. The van der Waals surface area contributed by atoms with Crippen LogP contribution >= 0.6 is 0 Å². The van der Waals surface area contributed by atoms with Gasteiger partial charge in [0.1, 0.15) is 11.6 Å². The first-order valence-corrected chi connectivity index (χ1v) is 17.1. The lowest BCUT2D eigenvalue weighted by Crippen LogP contribution is -2.56. The molecule has 2 aliphatic heterocycles. The lowest BCUT2D eigenvalue weighted by molar-refractivity contribution is -0.118. The number of carbonyl (C=O) groups is 2. The quantitative estimate of drug-likeness (QED) is 0.160. The Kier molecular flexibility index (Phi) is 9.36. The molecule has 4 heterocycles. The van der Waals surface area contributed by atoms with Crippen molar-refractivity contribution in [3.8, 4) is 0 Å². The summed E-state index contributed by atoms with van der Waals surface area (Å²) in [5, 5.41) is 17.7. The maximum Gasteiger partial charge on any atom is 0.282 e. The van der Waals surface area contributed by atoms with E-state index in [4.69, 9.17) is 0 Å². The lowest BCUT2D eigenvalue weighted by atomic mass is 9.78. The van der Waals surface area contributed by atoms with Crippen molar-refractivity contribution in [1.29, 1.82) is 0 Å². The fourth-order valence-corrected chi connectivity index (χ4v) is 7.11. The minimum absolute atomic E-state index is 0.00438. The number of rotatable bonds is 12. The highest BCUT2D eigenvalue weighted by Crippen LogP contribution is 2.40. The molecule has 0 spiro atoms. The number of ketones is 2. The molecule has 2 aromatic carbocycles. The molecule has 0 unspecified atom stereocenters. The van der Waals surface area contributed by atoms with Crippen LogP contribution in [0.5, 0.6) is 0 Å². The Labute approximate surface area is 287 Å². The summed E-state index contributed by atoms with van der Waals surface area (Å²) in [6, 6.07) is 22.0. The van der Waals surface area contributed by atoms with Gasteiger partial charge in [-0.1, -0.05) is 30.7 Å². The highest BCUT2D eigenvalue weighted by Gasteiger charge is 2.44. The highest BCUT2D eigenvalue weighted by atomic mass is 19.3. The molecule has 0 amide bonds. The molecule has 12 heteroatoms. The Morgan fingerprint density at radius 3 is 1.30 bits per heavy atom. The Balaban J connectivity index is 0.866. The second-order valence-corrected chi connectivity index (χ2v) is 14.0. The largest absolute Gasteiger partial charge is 0.359 e. The predicted octanol–water partition coefficient (Wildman–Crippen LogP) is 6.33. The van der Waals surface area contributed by atoms with Gasteiger partial charge in [0, 0.05) is 36.1 Å². The van der Waals surface area contributed by atoms with E-state index < -0.39 is 11.8 Å². The molecular weight excluding hydrogens is 648 g/mol. The summed E-state index contributed by atoms with van der Waals surface area (Å²) in [5.41, 5.74) is 6.12. The monoisotopic (exact) mass is 686 g/mol. The summed E-state index contributed by atoms with van der Waals surface area (Å²) >= 11 is 0. The second kappa shape index (κ2) is 13.9. The molecule has 3 fully saturated rings. The number of benzene rings is 2. The summed E-state index contributed by atoms with van der Waals surface area (Å²) < 4.78 is 52.6. The molecule has 3 aliphatic rings. The topological polar surface area (TPSA) is 92.2 Å². The third kappa shape index (κ3) is 8.17. The van der Waals surface area contributed by atoms with Gasteiger partial charge in [-0.05, 0) is 78.9 Å². The number of anilines is 2. The predicted molar refractivity (Wildman–Crippen MR) is 180 cm³/mol. The van der Waals surface area contributed by atoms with Crippen LogP contribution in [0.4, 0.5) is 28.9 Å². The fraction of sp³-hybridized carbons (Fsp3) is 0.421. The van der Waals surface area contributed by atoms with Gasteiger partial charge < -0.3 is 9.80 Å². The number of hydrogen-bond acceptors (Lipinski definition) is 8. The minimum atomic E-state index is -2.63. The lowest BCUT2D eigenvalue weighted by Gasteiger charge is -2.40. The number of carbonyl (C=O) groups excluding carboxylic acids is 2. The standard InChI is InChI=1S/C38H38F4N6O2/c39-37(40)21-47(22-37)31-10-4-25(5-11-31)16-33(49)19-29-8-14-35(45-43-29)27-2-1-3-28(18-27)36-15-9-30(44-46-36)20-34(50)17-26-6-12-32(13-7-26)48-23-38(41,42)24-48/h4-15,27-28H,1-3,16-24H2/t27-,28-/m0/s1. The first-order chi connectivity index (χ1) is 24.0. The van der Waals surface area contributed by atoms with E-state index in [1.54, 1.807) is 34.1 Å². The molecule has 7 rings (SSSR count). The molecule has 1 saturated carbocycles. The summed E-state index contributed by atoms with van der Waals surface area (Å²) in [6.07, 6.45) is 4.64. The van der Waals surface area contributed by atoms with Crippen LogP contribution in [-0.2, 0) is 35.3 Å². The second-order valence-electron chi connectivity index (χ2n) is 14.0. The van der Waals surface area contributed by atoms with E-state index in [1.807, 2.05) is 48.5 Å². The molecule has 8 nitrogen and oxygen atoms in total. The first-order valence-electron chi connectivity index (χ1n) is 17.1. The number of nitrogens with zero attached hydrogens (tertiary/aromatic N) is 6. The maximum absolute atomic E-state index is 13.2. The molecule has 0 N–H and O–H groups in total. The molecule has 2 atom stereocenters. The van der Waals surface area contributed by atoms with Gasteiger partial charge in [0.05, 0.1) is 61.8 Å². The van der Waals surface area contributed by atoms with Gasteiger partial charge >= 0.3 is 0 Å². The molecular formula is C38H38F4N6O2. The number of alkyl halides is 4. The molecule has 50 heavy (non-hydrogen) atoms. The van der Waals surface area contributed by atoms with Crippen LogP contribution in [0.25, 0.3) is 0 Å². The molecule has 0 bridgehead atoms. The van der Waals surface area contributed by atoms with E-state index in [0.717, 1.165) is 59.6 Å². The van der Waals surface area contributed by atoms with Gasteiger partial charge in [0.15, 0.2) is 0 Å². The number of aromatic nitrogens is 4. The third-order valence-corrected chi connectivity index (χ3v) is 9.84. The van der Waals surface area contributed by atoms with Gasteiger partial charge in [-0.25, -0.2) is 17.6 Å². The van der Waals surface area contributed by atoms with Crippen LogP contribution < -0.4 is 9.80 Å². The molecule has 0 radical (unpaired) electrons. The zero-order valence-corrected chi connectivity index (χ0v) is 27.6. The Bertz CT molecular complexity index is 1670. The SMILES string of the molecule is O=C(Cc1ccc(N2CC(F)(F)C2)cc1)Cc1ccc([C@H]2CCC[C@H](c3ccc(CC(=O)Cc4ccc(N5CC(F)(F)C5)cc4)nn3)C2)nn1. The van der Waals surface area contributed by atoms with Crippen molar-refractivity contribution >= 4 is 22.9 Å². The van der Waals surface area contributed by atoms with Crippen LogP contribution in [0, 0.1) is 0 Å². The van der Waals surface area contributed by atoms with Gasteiger partial charge in [-0.15, -0.1) is 0 Å². The molecule has 1 aliphatic carbocycles. The summed E-state index contributed by atoms with van der Waals surface area (Å²) in [5.74, 6) is -4.82. The maximum atomic E-state index is 13.2. The van der Waals surface area contributed by atoms with Gasteiger partial charge in [0.2, 0.25) is 0 Å². The van der Waals surface area contributed by atoms with Crippen LogP contribution in [0.15, 0.2) is 72.8 Å². The van der Waals surface area contributed by atoms with E-state index >= 15 is 0 Å². The molecule has 2 saturated heterocycles. The normalized spacial score (nSPS) is 20.9. The van der Waals surface area contributed by atoms with E-state index in [-0.39, 0.29) is 75.3 Å². The average molecular weight is 687 g/mol. The van der Waals surface area contributed by atoms with E-state index in [0.29, 0.717) is 11.4 Å². The third-order valence-electron chi connectivity index (χ3n) is 9.84. The molecule has 4 aromatic rings. The zero-order valence-electron chi connectivity index (χ0n) is 27.6. The summed E-state index contributed by atoms with van der Waals surface area (Å²) in [7, 11) is 0. The van der Waals surface area contributed by atoms with Crippen molar-refractivity contribution < 1.29 is 27.2 Å². The van der Waals surface area contributed by atoms with E-state index in [2.05, 4.69) is 20.4 Å². The zero-order chi connectivity index (χ0) is 34.9. The Morgan fingerprint density at radius 1 is 0.560 bits per heavy atom. The van der Waals surface area contributed by atoms with Crippen LogP contribution in [0.1, 0.15) is 71.4 Å². The Morgan fingerprint density at radius 2 is 0.960 bits per heavy atom. The van der Waals surface area contributed by atoms with E-state index in [9.17, 15) is 27.2 Å². The van der Waals surface area contributed by atoms with Gasteiger partial charge in [-0.3, -0.25) is 9.59 Å². The van der Waals surface area contributed by atoms with Crippen molar-refractivity contribution in [2.45, 2.75) is 75.0 Å². The van der Waals surface area contributed by atoms with Crippen LogP contribution in [0.3, 0.4) is 0 Å². The summed E-state index contributed by atoms with van der Waals surface area (Å²) in [6.45, 7) is -1.10. The van der Waals surface area contributed by atoms with Crippen LogP contribution in [0.2, 0.25) is 0 Å². The number of hydrogen-bond donors (Lipinski definition) is 0. The fourth-order valence-electron chi connectivity index (χ4n) is 7.11. The van der Waals surface area contributed by atoms with E-state index in [1.165, 1.54) is 0 Å². The van der Waals surface area contributed by atoms with Crippen molar-refractivity contribution in [2.75, 3.05) is 36.0 Å². The molecule has 2 aromatic heterocycles. The van der Waals surface area contributed by atoms with Crippen LogP contribution in [-0.4, -0.2) is 70.0 Å². The van der Waals surface area contributed by atoms with Crippen molar-refractivity contribution in [3.63, 3.8) is 0 Å². The van der Waals surface area contributed by atoms with Gasteiger partial charge in [-0.2, -0.15) is 20.4 Å². The number of halogens is 4. The van der Waals surface area contributed by atoms with Crippen molar-refractivity contribution in [1.82, 2.24) is 20.4 Å². The summed E-state index contributed by atoms with van der Waals surface area (Å²) in [4.78, 5) is 28.7. The molecule has 260 valence electrons. The highest BCUT2D eigenvalue weighted by molar-refractivity contribution is 5.83. The smallest absolute Gasteiger partial charge is 0.282 e. The number of Topliss-reactive ketones (excluding diaryl/α,β-unsaturated/α-hetero) is 2. The van der Waals surface area contributed by atoms with Crippen molar-refractivity contribution in [3.05, 3.63) is 107 Å². The first kappa shape index (κ1) is 33.7.